The highest BCUT2D eigenvalue weighted by molar-refractivity contribution is 6.31. The fraction of sp³-hybridized carbons (Fsp3) is 0.222. The summed E-state index contributed by atoms with van der Waals surface area (Å²) in [4.78, 5) is 0. The smallest absolute Gasteiger partial charge is 0.119 e. The molecule has 1 nitrogen and oxygen atoms in total. The van der Waals surface area contributed by atoms with Gasteiger partial charge in [-0.1, -0.05) is 11.6 Å². The van der Waals surface area contributed by atoms with Crippen molar-refractivity contribution < 1.29 is 4.74 Å². The van der Waals surface area contributed by atoms with Gasteiger partial charge in [-0.2, -0.15) is 0 Å². The average molecular weight is 170 g/mol. The van der Waals surface area contributed by atoms with Crippen LogP contribution in [0, 0.1) is 6.92 Å². The van der Waals surface area contributed by atoms with E-state index in [9.17, 15) is 0 Å². The van der Waals surface area contributed by atoms with Crippen molar-refractivity contribution in [1.29, 1.82) is 0 Å². The van der Waals surface area contributed by atoms with Gasteiger partial charge in [0.1, 0.15) is 5.75 Å². The molecular formula is C9H10ClO. The SMILES string of the molecule is [CH2]c1cc(OCC)ccc1Cl. The maximum absolute atomic E-state index is 5.76. The van der Waals surface area contributed by atoms with E-state index in [1.807, 2.05) is 19.1 Å². The van der Waals surface area contributed by atoms with E-state index >= 15 is 0 Å². The molecule has 0 amide bonds. The second-order valence-corrected chi connectivity index (χ2v) is 2.59. The van der Waals surface area contributed by atoms with Gasteiger partial charge in [-0.3, -0.25) is 0 Å². The average Bonchev–Trinajstić information content (AvgIpc) is 1.98. The Labute approximate surface area is 71.9 Å². The van der Waals surface area contributed by atoms with Gasteiger partial charge in [-0.25, -0.2) is 0 Å². The Hall–Kier alpha value is -0.690. The molecule has 0 unspecified atom stereocenters. The second kappa shape index (κ2) is 3.63. The lowest BCUT2D eigenvalue weighted by Gasteiger charge is -2.03. The maximum Gasteiger partial charge on any atom is 0.119 e. The van der Waals surface area contributed by atoms with Crippen molar-refractivity contribution in [1.82, 2.24) is 0 Å². The van der Waals surface area contributed by atoms with Crippen LogP contribution in [0.3, 0.4) is 0 Å². The first-order valence-electron chi connectivity index (χ1n) is 3.48. The summed E-state index contributed by atoms with van der Waals surface area (Å²) in [5.41, 5.74) is 0.803. The first kappa shape index (κ1) is 8.41. The summed E-state index contributed by atoms with van der Waals surface area (Å²) >= 11 is 5.76. The number of ether oxygens (including phenoxy) is 1. The Morgan fingerprint density at radius 2 is 2.27 bits per heavy atom. The van der Waals surface area contributed by atoms with Gasteiger partial charge in [-0.15, -0.1) is 0 Å². The van der Waals surface area contributed by atoms with Crippen molar-refractivity contribution in [2.45, 2.75) is 6.92 Å². The molecule has 0 aliphatic carbocycles. The number of benzene rings is 1. The van der Waals surface area contributed by atoms with Gasteiger partial charge >= 0.3 is 0 Å². The van der Waals surface area contributed by atoms with Crippen molar-refractivity contribution in [2.24, 2.45) is 0 Å². The number of hydrogen-bond acceptors (Lipinski definition) is 1. The summed E-state index contributed by atoms with van der Waals surface area (Å²) < 4.78 is 5.24. The van der Waals surface area contributed by atoms with E-state index in [1.54, 1.807) is 6.07 Å². The molecule has 0 bridgehead atoms. The van der Waals surface area contributed by atoms with Gasteiger partial charge in [-0.05, 0) is 37.6 Å². The molecule has 0 fully saturated rings. The Morgan fingerprint density at radius 1 is 1.55 bits per heavy atom. The molecular weight excluding hydrogens is 160 g/mol. The lowest BCUT2D eigenvalue weighted by molar-refractivity contribution is 0.340. The normalized spacial score (nSPS) is 9.73. The lowest BCUT2D eigenvalue weighted by Crippen LogP contribution is -1.91. The molecule has 0 saturated carbocycles. The fourth-order valence-electron chi connectivity index (χ4n) is 0.808. The summed E-state index contributed by atoms with van der Waals surface area (Å²) in [6, 6.07) is 5.45. The van der Waals surface area contributed by atoms with Crippen LogP contribution in [0.15, 0.2) is 18.2 Å². The van der Waals surface area contributed by atoms with Crippen LogP contribution in [0.25, 0.3) is 0 Å². The van der Waals surface area contributed by atoms with Crippen molar-refractivity contribution in [3.05, 3.63) is 35.7 Å². The molecule has 59 valence electrons. The molecule has 0 aliphatic rings. The van der Waals surface area contributed by atoms with Gasteiger partial charge in [0.2, 0.25) is 0 Å². The summed E-state index contributed by atoms with van der Waals surface area (Å²) in [6.07, 6.45) is 0. The third-order valence-electron chi connectivity index (χ3n) is 1.33. The summed E-state index contributed by atoms with van der Waals surface area (Å²) in [5, 5.41) is 0.674. The molecule has 11 heavy (non-hydrogen) atoms. The van der Waals surface area contributed by atoms with E-state index in [4.69, 9.17) is 16.3 Å². The van der Waals surface area contributed by atoms with Crippen molar-refractivity contribution >= 4 is 11.6 Å². The molecule has 0 atom stereocenters. The number of halogens is 1. The standard InChI is InChI=1S/C9H10ClO/c1-3-11-8-4-5-9(10)7(2)6-8/h4-6H,2-3H2,1H3. The third-order valence-corrected chi connectivity index (χ3v) is 1.70. The summed E-state index contributed by atoms with van der Waals surface area (Å²) in [7, 11) is 0. The second-order valence-electron chi connectivity index (χ2n) is 2.19. The largest absolute Gasteiger partial charge is 0.494 e. The Morgan fingerprint density at radius 3 is 2.82 bits per heavy atom. The van der Waals surface area contributed by atoms with Crippen molar-refractivity contribution in [2.75, 3.05) is 6.61 Å². The first-order valence-corrected chi connectivity index (χ1v) is 3.86. The molecule has 0 N–H and O–H groups in total. The zero-order chi connectivity index (χ0) is 8.27. The van der Waals surface area contributed by atoms with Crippen LogP contribution in [0.4, 0.5) is 0 Å². The van der Waals surface area contributed by atoms with E-state index in [0.717, 1.165) is 11.3 Å². The molecule has 1 radical (unpaired) electrons. The Balaban J connectivity index is 2.86. The molecule has 1 rings (SSSR count). The topological polar surface area (TPSA) is 9.23 Å². The third kappa shape index (κ3) is 2.12. The van der Waals surface area contributed by atoms with Crippen LogP contribution >= 0.6 is 11.6 Å². The highest BCUT2D eigenvalue weighted by Gasteiger charge is 1.96. The van der Waals surface area contributed by atoms with Crippen LogP contribution in [0.2, 0.25) is 5.02 Å². The van der Waals surface area contributed by atoms with Gasteiger partial charge in [0.25, 0.3) is 0 Å². The Bertz CT molecular complexity index is 245. The van der Waals surface area contributed by atoms with Gasteiger partial charge in [0.05, 0.1) is 6.61 Å². The Kier molecular flexibility index (Phi) is 2.77. The monoisotopic (exact) mass is 169 g/mol. The van der Waals surface area contributed by atoms with Crippen molar-refractivity contribution in [3.63, 3.8) is 0 Å². The lowest BCUT2D eigenvalue weighted by atomic mass is 10.2. The molecule has 0 spiro atoms. The number of rotatable bonds is 2. The van der Waals surface area contributed by atoms with Crippen LogP contribution in [-0.2, 0) is 0 Å². The highest BCUT2D eigenvalue weighted by Crippen LogP contribution is 2.20. The first-order chi connectivity index (χ1) is 5.24. The number of hydrogen-bond donors (Lipinski definition) is 0. The molecule has 0 heterocycles. The van der Waals surface area contributed by atoms with E-state index in [0.29, 0.717) is 11.6 Å². The highest BCUT2D eigenvalue weighted by atomic mass is 35.5. The minimum atomic E-state index is 0.668. The molecule has 1 aromatic rings. The molecule has 2 heteroatoms. The van der Waals surface area contributed by atoms with Crippen LogP contribution in [0.1, 0.15) is 12.5 Å². The molecule has 0 aliphatic heterocycles. The predicted octanol–water partition coefficient (Wildman–Crippen LogP) is 2.92. The van der Waals surface area contributed by atoms with Crippen LogP contribution < -0.4 is 4.74 Å². The molecule has 1 aromatic carbocycles. The fourth-order valence-corrected chi connectivity index (χ4v) is 0.925. The van der Waals surface area contributed by atoms with Gasteiger partial charge in [0.15, 0.2) is 0 Å². The van der Waals surface area contributed by atoms with Gasteiger partial charge < -0.3 is 4.74 Å². The predicted molar refractivity (Wildman–Crippen MR) is 47.1 cm³/mol. The minimum Gasteiger partial charge on any atom is -0.494 e. The van der Waals surface area contributed by atoms with E-state index in [-0.39, 0.29) is 0 Å². The van der Waals surface area contributed by atoms with Crippen LogP contribution in [0.5, 0.6) is 5.75 Å². The summed E-state index contributed by atoms with van der Waals surface area (Å²) in [6.45, 7) is 6.36. The van der Waals surface area contributed by atoms with E-state index in [2.05, 4.69) is 6.92 Å². The summed E-state index contributed by atoms with van der Waals surface area (Å²) in [5.74, 6) is 0.821. The van der Waals surface area contributed by atoms with Gasteiger partial charge in [0, 0.05) is 5.02 Å². The van der Waals surface area contributed by atoms with E-state index in [1.165, 1.54) is 0 Å². The van der Waals surface area contributed by atoms with E-state index < -0.39 is 0 Å². The quantitative estimate of drug-likeness (QED) is 0.662. The molecule has 0 saturated heterocycles. The zero-order valence-electron chi connectivity index (χ0n) is 6.43. The molecule has 0 aromatic heterocycles. The maximum atomic E-state index is 5.76. The zero-order valence-corrected chi connectivity index (χ0v) is 7.19. The minimum absolute atomic E-state index is 0.668. The van der Waals surface area contributed by atoms with Crippen LogP contribution in [-0.4, -0.2) is 6.61 Å². The van der Waals surface area contributed by atoms with Crippen molar-refractivity contribution in [3.8, 4) is 5.75 Å².